The number of carbonyl (C=O) groups excluding carboxylic acids is 1. The monoisotopic (exact) mass is 518 g/mol. The Labute approximate surface area is 207 Å². The Bertz CT molecular complexity index is 1410. The molecule has 2 aromatic rings. The van der Waals surface area contributed by atoms with Gasteiger partial charge < -0.3 is 16.0 Å². The zero-order chi connectivity index (χ0) is 26.4. The van der Waals surface area contributed by atoms with Crippen molar-refractivity contribution in [1.29, 1.82) is 0 Å². The van der Waals surface area contributed by atoms with E-state index in [-0.39, 0.29) is 27.8 Å². The van der Waals surface area contributed by atoms with Crippen molar-refractivity contribution in [2.24, 2.45) is 4.99 Å². The lowest BCUT2D eigenvalue weighted by Crippen LogP contribution is -2.36. The molecule has 0 fully saturated rings. The molecule has 2 atom stereocenters. The van der Waals surface area contributed by atoms with Gasteiger partial charge in [0.05, 0.1) is 28.1 Å². The van der Waals surface area contributed by atoms with Gasteiger partial charge in [0.25, 0.3) is 5.91 Å². The van der Waals surface area contributed by atoms with Crippen LogP contribution in [0, 0.1) is 0 Å². The van der Waals surface area contributed by atoms with Crippen LogP contribution in [0.1, 0.15) is 36.6 Å². The number of amidine groups is 1. The van der Waals surface area contributed by atoms with Crippen molar-refractivity contribution >= 4 is 32.8 Å². The van der Waals surface area contributed by atoms with E-state index in [0.717, 1.165) is 18.4 Å². The molecule has 3 N–H and O–H groups in total. The van der Waals surface area contributed by atoms with Gasteiger partial charge in [0.15, 0.2) is 9.84 Å². The van der Waals surface area contributed by atoms with Gasteiger partial charge >= 0.3 is 6.18 Å². The van der Waals surface area contributed by atoms with Crippen LogP contribution in [0.15, 0.2) is 70.2 Å². The average Bonchev–Trinajstić information content (AvgIpc) is 3.16. The third-order valence-electron chi connectivity index (χ3n) is 5.92. The largest absolute Gasteiger partial charge is 0.416 e. The van der Waals surface area contributed by atoms with Crippen molar-refractivity contribution in [1.82, 2.24) is 10.2 Å². The highest BCUT2D eigenvalue weighted by atomic mass is 32.2. The maximum Gasteiger partial charge on any atom is 0.416 e. The number of nitrogens with zero attached hydrogens (tertiary/aromatic N) is 2. The zero-order valence-electron chi connectivity index (χ0n) is 19.8. The lowest BCUT2D eigenvalue weighted by atomic mass is 9.98. The summed E-state index contributed by atoms with van der Waals surface area (Å²) in [5, 5.41) is 2.76. The van der Waals surface area contributed by atoms with Crippen LogP contribution in [-0.4, -0.2) is 43.9 Å². The smallest absolute Gasteiger partial charge is 0.399 e. The lowest BCUT2D eigenvalue weighted by Gasteiger charge is -2.25. The number of nitrogen functional groups attached to an aromatic ring is 1. The van der Waals surface area contributed by atoms with Crippen LogP contribution in [0.3, 0.4) is 0 Å². The van der Waals surface area contributed by atoms with Gasteiger partial charge in [-0.1, -0.05) is 12.1 Å². The SMILES string of the molecule is C[C@@H]1CN2C=C(c3ccc(S(C)(=O)=O)cc3)C=C(C(=O)N[C@H](C)c3cc(N)cc(C(F)(F)F)c3)C2=N1. The number of amides is 1. The minimum absolute atomic E-state index is 0.0549. The summed E-state index contributed by atoms with van der Waals surface area (Å²) < 4.78 is 63.3. The van der Waals surface area contributed by atoms with Crippen molar-refractivity contribution in [3.63, 3.8) is 0 Å². The van der Waals surface area contributed by atoms with Gasteiger partial charge in [-0.15, -0.1) is 0 Å². The van der Waals surface area contributed by atoms with E-state index in [0.29, 0.717) is 23.5 Å². The number of hydrogen-bond donors (Lipinski definition) is 2. The zero-order valence-corrected chi connectivity index (χ0v) is 20.6. The number of fused-ring (bicyclic) bond motifs is 1. The molecule has 7 nitrogen and oxygen atoms in total. The number of sulfone groups is 1. The number of rotatable bonds is 5. The minimum atomic E-state index is -4.57. The molecule has 2 aromatic carbocycles. The summed E-state index contributed by atoms with van der Waals surface area (Å²) in [7, 11) is -3.36. The van der Waals surface area contributed by atoms with Crippen molar-refractivity contribution in [2.45, 2.75) is 37.0 Å². The molecular weight excluding hydrogens is 493 g/mol. The van der Waals surface area contributed by atoms with Gasteiger partial charge in [-0.3, -0.25) is 9.79 Å². The minimum Gasteiger partial charge on any atom is -0.399 e. The van der Waals surface area contributed by atoms with Crippen LogP contribution in [0.25, 0.3) is 5.57 Å². The highest BCUT2D eigenvalue weighted by Crippen LogP contribution is 2.33. The molecule has 2 heterocycles. The van der Waals surface area contributed by atoms with Crippen molar-refractivity contribution in [3.8, 4) is 0 Å². The molecule has 0 radical (unpaired) electrons. The Kier molecular flexibility index (Phi) is 6.46. The standard InChI is InChI=1S/C25H25F3N4O3S/c1-14-12-32-13-18(16-4-6-21(7-5-16)36(3,34)35)10-22(23(32)30-14)24(33)31-15(2)17-8-19(25(26,27)28)11-20(29)9-17/h4-11,13-15H,12,29H2,1-3H3,(H,31,33)/t14-,15-/m1/s1. The van der Waals surface area contributed by atoms with Crippen LogP contribution >= 0.6 is 0 Å². The number of anilines is 1. The van der Waals surface area contributed by atoms with E-state index in [1.807, 2.05) is 18.0 Å². The molecule has 0 aromatic heterocycles. The summed E-state index contributed by atoms with van der Waals surface area (Å²) in [6.07, 6.45) is 0.0377. The van der Waals surface area contributed by atoms with Crippen LogP contribution in [0.2, 0.25) is 0 Å². The quantitative estimate of drug-likeness (QED) is 0.584. The van der Waals surface area contributed by atoms with Gasteiger partial charge in [0.1, 0.15) is 5.84 Å². The number of alkyl halides is 3. The molecule has 2 aliphatic heterocycles. The van der Waals surface area contributed by atoms with E-state index < -0.39 is 33.5 Å². The predicted octanol–water partition coefficient (Wildman–Crippen LogP) is 3.95. The average molecular weight is 519 g/mol. The topological polar surface area (TPSA) is 105 Å². The summed E-state index contributed by atoms with van der Waals surface area (Å²) in [5.41, 5.74) is 6.58. The molecular formula is C25H25F3N4O3S. The summed E-state index contributed by atoms with van der Waals surface area (Å²) >= 11 is 0. The summed E-state index contributed by atoms with van der Waals surface area (Å²) in [6, 6.07) is 8.68. The van der Waals surface area contributed by atoms with Crippen molar-refractivity contribution in [3.05, 3.63) is 77.0 Å². The number of carbonyl (C=O) groups is 1. The third kappa shape index (κ3) is 5.30. The van der Waals surface area contributed by atoms with Crippen LogP contribution in [-0.2, 0) is 20.8 Å². The van der Waals surface area contributed by atoms with Crippen LogP contribution < -0.4 is 11.1 Å². The highest BCUT2D eigenvalue weighted by molar-refractivity contribution is 7.90. The molecule has 0 saturated heterocycles. The van der Waals surface area contributed by atoms with Gasteiger partial charge in [0.2, 0.25) is 0 Å². The van der Waals surface area contributed by atoms with E-state index in [1.165, 1.54) is 18.2 Å². The first-order valence-corrected chi connectivity index (χ1v) is 13.0. The fraction of sp³-hybridized carbons (Fsp3) is 0.280. The number of nitrogens with two attached hydrogens (primary N) is 1. The molecule has 0 aliphatic carbocycles. The number of hydrogen-bond acceptors (Lipinski definition) is 6. The lowest BCUT2D eigenvalue weighted by molar-refractivity contribution is -0.137. The molecule has 36 heavy (non-hydrogen) atoms. The maximum absolute atomic E-state index is 13.3. The van der Waals surface area contributed by atoms with Crippen LogP contribution in [0.4, 0.5) is 18.9 Å². The molecule has 11 heteroatoms. The first-order valence-electron chi connectivity index (χ1n) is 11.1. The normalized spacial score (nSPS) is 18.7. The van der Waals surface area contributed by atoms with Gasteiger partial charge in [-0.05, 0) is 67.0 Å². The number of nitrogens with one attached hydrogen (secondary N) is 1. The van der Waals surface area contributed by atoms with E-state index >= 15 is 0 Å². The predicted molar refractivity (Wildman–Crippen MR) is 132 cm³/mol. The Morgan fingerprint density at radius 2 is 1.86 bits per heavy atom. The molecule has 2 aliphatic rings. The highest BCUT2D eigenvalue weighted by Gasteiger charge is 2.33. The fourth-order valence-electron chi connectivity index (χ4n) is 4.13. The summed E-state index contributed by atoms with van der Waals surface area (Å²) in [4.78, 5) is 19.9. The summed E-state index contributed by atoms with van der Waals surface area (Å²) in [5.74, 6) is -0.0399. The summed E-state index contributed by atoms with van der Waals surface area (Å²) in [6.45, 7) is 4.03. The Balaban J connectivity index is 1.64. The molecule has 190 valence electrons. The number of benzene rings is 2. The second-order valence-corrected chi connectivity index (χ2v) is 11.0. The first-order chi connectivity index (χ1) is 16.7. The van der Waals surface area contributed by atoms with E-state index in [4.69, 9.17) is 5.73 Å². The second kappa shape index (κ2) is 9.12. The number of aliphatic imine (C=N–C) groups is 1. The van der Waals surface area contributed by atoms with E-state index in [2.05, 4.69) is 10.3 Å². The van der Waals surface area contributed by atoms with Crippen molar-refractivity contribution < 1.29 is 26.4 Å². The molecule has 1 amide bonds. The molecule has 0 bridgehead atoms. The first kappa shape index (κ1) is 25.5. The van der Waals surface area contributed by atoms with E-state index in [9.17, 15) is 26.4 Å². The maximum atomic E-state index is 13.3. The van der Waals surface area contributed by atoms with Gasteiger partial charge in [-0.2, -0.15) is 13.2 Å². The molecule has 4 rings (SSSR count). The third-order valence-corrected chi connectivity index (χ3v) is 7.05. The molecule has 0 spiro atoms. The van der Waals surface area contributed by atoms with Crippen molar-refractivity contribution in [2.75, 3.05) is 18.5 Å². The molecule has 0 saturated carbocycles. The number of halogens is 3. The second-order valence-electron chi connectivity index (χ2n) is 8.97. The van der Waals surface area contributed by atoms with Gasteiger partial charge in [0, 0.05) is 24.7 Å². The van der Waals surface area contributed by atoms with E-state index in [1.54, 1.807) is 25.1 Å². The van der Waals surface area contributed by atoms with Gasteiger partial charge in [-0.25, -0.2) is 8.42 Å². The number of allylic oxidation sites excluding steroid dienone is 2. The Morgan fingerprint density at radius 1 is 1.19 bits per heavy atom. The fourth-order valence-corrected chi connectivity index (χ4v) is 4.76. The van der Waals surface area contributed by atoms with Crippen LogP contribution in [0.5, 0.6) is 0 Å². The molecule has 0 unspecified atom stereocenters. The Morgan fingerprint density at radius 3 is 2.47 bits per heavy atom. The Hall–Kier alpha value is -3.60.